The Morgan fingerprint density at radius 2 is 1.94 bits per heavy atom. The average Bonchev–Trinajstić information content (AvgIpc) is 2.27. The summed E-state index contributed by atoms with van der Waals surface area (Å²) in [6.07, 6.45) is 3.19. The molecule has 2 rings (SSSR count). The van der Waals surface area contributed by atoms with Crippen molar-refractivity contribution in [2.45, 2.75) is 25.9 Å². The van der Waals surface area contributed by atoms with Gasteiger partial charge in [-0.2, -0.15) is 5.26 Å². The van der Waals surface area contributed by atoms with E-state index >= 15 is 0 Å². The lowest BCUT2D eigenvalue weighted by molar-refractivity contribution is 0.405. The maximum absolute atomic E-state index is 8.99. The molecule has 1 aromatic heterocycles. The van der Waals surface area contributed by atoms with Crippen molar-refractivity contribution >= 4 is 5.82 Å². The fourth-order valence-corrected chi connectivity index (χ4v) is 2.14. The smallest absolute Gasteiger partial charge is 0.183 e. The van der Waals surface area contributed by atoms with Crippen molar-refractivity contribution in [1.82, 2.24) is 15.3 Å². The van der Waals surface area contributed by atoms with Crippen LogP contribution < -0.4 is 10.2 Å². The van der Waals surface area contributed by atoms with Crippen molar-refractivity contribution < 1.29 is 0 Å². The number of hydrogen-bond acceptors (Lipinski definition) is 5. The highest BCUT2D eigenvalue weighted by atomic mass is 15.3. The van der Waals surface area contributed by atoms with Crippen LogP contribution in [-0.2, 0) is 0 Å². The highest BCUT2D eigenvalue weighted by Gasteiger charge is 2.23. The lowest BCUT2D eigenvalue weighted by atomic mass is 10.1. The molecule has 1 aromatic rings. The second-order valence-corrected chi connectivity index (χ2v) is 4.21. The Hall–Kier alpha value is -1.67. The number of aromatic nitrogens is 2. The molecule has 0 spiro atoms. The van der Waals surface area contributed by atoms with Crippen molar-refractivity contribution in [3.8, 4) is 6.07 Å². The second-order valence-electron chi connectivity index (χ2n) is 4.21. The highest BCUT2D eigenvalue weighted by molar-refractivity contribution is 5.50. The monoisotopic (exact) mass is 217 g/mol. The minimum absolute atomic E-state index is 0.400. The van der Waals surface area contributed by atoms with Gasteiger partial charge in [-0.05, 0) is 13.8 Å². The third kappa shape index (κ3) is 2.12. The number of nitriles is 1. The quantitative estimate of drug-likeness (QED) is 0.743. The third-order valence-corrected chi connectivity index (χ3v) is 2.64. The lowest BCUT2D eigenvalue weighted by Crippen LogP contribution is -2.54. The molecule has 2 atom stereocenters. The van der Waals surface area contributed by atoms with Gasteiger partial charge in [0.1, 0.15) is 6.07 Å². The van der Waals surface area contributed by atoms with E-state index in [0.717, 1.165) is 13.1 Å². The fourth-order valence-electron chi connectivity index (χ4n) is 2.14. The first-order valence-electron chi connectivity index (χ1n) is 5.43. The molecular weight excluding hydrogens is 202 g/mol. The fraction of sp³-hybridized carbons (Fsp3) is 0.545. The molecule has 0 amide bonds. The standard InChI is InChI=1S/C11H15N5/c1-8-6-16(7-9(2)15-8)11-10(5-12)13-3-4-14-11/h3-4,8-9,15H,6-7H2,1-2H3. The van der Waals surface area contributed by atoms with Gasteiger partial charge in [0.2, 0.25) is 0 Å². The number of hydrogen-bond donors (Lipinski definition) is 1. The molecule has 5 nitrogen and oxygen atoms in total. The van der Waals surface area contributed by atoms with Gasteiger partial charge in [-0.15, -0.1) is 0 Å². The van der Waals surface area contributed by atoms with Crippen LogP contribution in [0.3, 0.4) is 0 Å². The summed E-state index contributed by atoms with van der Waals surface area (Å²) < 4.78 is 0. The van der Waals surface area contributed by atoms with Crippen LogP contribution in [0, 0.1) is 11.3 Å². The summed E-state index contributed by atoms with van der Waals surface area (Å²) in [4.78, 5) is 10.4. The van der Waals surface area contributed by atoms with E-state index in [1.54, 1.807) is 12.4 Å². The number of anilines is 1. The normalized spacial score (nSPS) is 25.2. The summed E-state index contributed by atoms with van der Waals surface area (Å²) >= 11 is 0. The van der Waals surface area contributed by atoms with Gasteiger partial charge in [-0.1, -0.05) is 0 Å². The van der Waals surface area contributed by atoms with Crippen LogP contribution in [-0.4, -0.2) is 35.1 Å². The molecule has 0 aliphatic carbocycles. The first-order valence-corrected chi connectivity index (χ1v) is 5.43. The molecule has 1 aliphatic rings. The van der Waals surface area contributed by atoms with E-state index in [-0.39, 0.29) is 0 Å². The van der Waals surface area contributed by atoms with Gasteiger partial charge < -0.3 is 10.2 Å². The molecule has 0 saturated carbocycles. The Balaban J connectivity index is 2.26. The Labute approximate surface area is 95.1 Å². The van der Waals surface area contributed by atoms with E-state index in [9.17, 15) is 0 Å². The highest BCUT2D eigenvalue weighted by Crippen LogP contribution is 2.17. The molecular formula is C11H15N5. The zero-order valence-corrected chi connectivity index (χ0v) is 9.51. The zero-order valence-electron chi connectivity index (χ0n) is 9.51. The molecule has 1 saturated heterocycles. The van der Waals surface area contributed by atoms with Gasteiger partial charge in [0.05, 0.1) is 0 Å². The zero-order chi connectivity index (χ0) is 11.5. The molecule has 1 aliphatic heterocycles. The number of rotatable bonds is 1. The van der Waals surface area contributed by atoms with Crippen molar-refractivity contribution in [2.24, 2.45) is 0 Å². The van der Waals surface area contributed by atoms with Crippen LogP contribution in [0.25, 0.3) is 0 Å². The Morgan fingerprint density at radius 3 is 2.56 bits per heavy atom. The van der Waals surface area contributed by atoms with E-state index in [1.165, 1.54) is 0 Å². The molecule has 2 heterocycles. The minimum Gasteiger partial charge on any atom is -0.351 e. The summed E-state index contributed by atoms with van der Waals surface area (Å²) in [5.74, 6) is 0.699. The third-order valence-electron chi connectivity index (χ3n) is 2.64. The molecule has 0 radical (unpaired) electrons. The van der Waals surface area contributed by atoms with Gasteiger partial charge in [-0.25, -0.2) is 9.97 Å². The molecule has 2 unspecified atom stereocenters. The maximum Gasteiger partial charge on any atom is 0.183 e. The Morgan fingerprint density at radius 1 is 1.31 bits per heavy atom. The first-order chi connectivity index (χ1) is 7.70. The molecule has 5 heteroatoms. The van der Waals surface area contributed by atoms with E-state index in [4.69, 9.17) is 5.26 Å². The van der Waals surface area contributed by atoms with E-state index in [1.807, 2.05) is 0 Å². The number of piperazine rings is 1. The molecule has 16 heavy (non-hydrogen) atoms. The summed E-state index contributed by atoms with van der Waals surface area (Å²) in [6.45, 7) is 5.98. The summed E-state index contributed by atoms with van der Waals surface area (Å²) in [6, 6.07) is 2.89. The molecule has 0 bridgehead atoms. The van der Waals surface area contributed by atoms with Crippen molar-refractivity contribution in [2.75, 3.05) is 18.0 Å². The van der Waals surface area contributed by atoms with Crippen molar-refractivity contribution in [1.29, 1.82) is 5.26 Å². The molecule has 0 aromatic carbocycles. The summed E-state index contributed by atoms with van der Waals surface area (Å²) in [7, 11) is 0. The van der Waals surface area contributed by atoms with E-state index in [2.05, 4.69) is 40.1 Å². The second kappa shape index (κ2) is 4.45. The predicted molar refractivity (Wildman–Crippen MR) is 61.0 cm³/mol. The van der Waals surface area contributed by atoms with Gasteiger partial charge >= 0.3 is 0 Å². The molecule has 1 N–H and O–H groups in total. The summed E-state index contributed by atoms with van der Waals surface area (Å²) in [5, 5.41) is 12.4. The van der Waals surface area contributed by atoms with Gasteiger partial charge in [0, 0.05) is 37.6 Å². The van der Waals surface area contributed by atoms with Crippen LogP contribution in [0.4, 0.5) is 5.82 Å². The van der Waals surface area contributed by atoms with Gasteiger partial charge in [-0.3, -0.25) is 0 Å². The van der Waals surface area contributed by atoms with E-state index < -0.39 is 0 Å². The number of nitrogens with zero attached hydrogens (tertiary/aromatic N) is 4. The lowest BCUT2D eigenvalue weighted by Gasteiger charge is -2.36. The maximum atomic E-state index is 8.99. The summed E-state index contributed by atoms with van der Waals surface area (Å²) in [5.41, 5.74) is 0.406. The van der Waals surface area contributed by atoms with Crippen molar-refractivity contribution in [3.63, 3.8) is 0 Å². The SMILES string of the molecule is CC1CN(c2nccnc2C#N)CC(C)N1. The van der Waals surface area contributed by atoms with Crippen LogP contribution >= 0.6 is 0 Å². The van der Waals surface area contributed by atoms with E-state index in [0.29, 0.717) is 23.6 Å². The van der Waals surface area contributed by atoms with Crippen LogP contribution in [0.5, 0.6) is 0 Å². The largest absolute Gasteiger partial charge is 0.351 e. The predicted octanol–water partition coefficient (Wildman–Crippen LogP) is 0.535. The number of nitrogens with one attached hydrogen (secondary N) is 1. The molecule has 1 fully saturated rings. The van der Waals surface area contributed by atoms with Gasteiger partial charge in [0.25, 0.3) is 0 Å². The average molecular weight is 217 g/mol. The topological polar surface area (TPSA) is 64.8 Å². The van der Waals surface area contributed by atoms with Crippen LogP contribution in [0.1, 0.15) is 19.5 Å². The minimum atomic E-state index is 0.400. The van der Waals surface area contributed by atoms with Crippen molar-refractivity contribution in [3.05, 3.63) is 18.1 Å². The van der Waals surface area contributed by atoms with Gasteiger partial charge in [0.15, 0.2) is 11.5 Å². The molecule has 84 valence electrons. The Bertz CT molecular complexity index is 401. The van der Waals surface area contributed by atoms with Crippen LogP contribution in [0.15, 0.2) is 12.4 Å². The first kappa shape index (κ1) is 10.8. The Kier molecular flexibility index (Phi) is 3.02. The van der Waals surface area contributed by atoms with Crippen LogP contribution in [0.2, 0.25) is 0 Å².